The van der Waals surface area contributed by atoms with E-state index in [2.05, 4.69) is 20.4 Å². The maximum Gasteiger partial charge on any atom is 0.235 e. The van der Waals surface area contributed by atoms with Gasteiger partial charge in [-0.25, -0.2) is 13.4 Å². The third-order valence-corrected chi connectivity index (χ3v) is 6.69. The third-order valence-electron chi connectivity index (χ3n) is 4.18. The number of aryl methyl sites for hydroxylation is 1. The van der Waals surface area contributed by atoms with Gasteiger partial charge in [-0.15, -0.1) is 11.3 Å². The lowest BCUT2D eigenvalue weighted by molar-refractivity contribution is -0.118. The largest absolute Gasteiger partial charge is 0.344 e. The van der Waals surface area contributed by atoms with Gasteiger partial charge in [0.25, 0.3) is 0 Å². The molecule has 1 saturated heterocycles. The topological polar surface area (TPSA) is 93.1 Å². The molecule has 1 fully saturated rings. The molecule has 1 aliphatic rings. The number of sulfone groups is 1. The smallest absolute Gasteiger partial charge is 0.235 e. The minimum absolute atomic E-state index is 0.000592. The number of anilines is 1. The zero-order valence-corrected chi connectivity index (χ0v) is 15.4. The van der Waals surface area contributed by atoms with Crippen LogP contribution in [0.3, 0.4) is 0 Å². The van der Waals surface area contributed by atoms with E-state index in [0.29, 0.717) is 11.6 Å². The van der Waals surface area contributed by atoms with Crippen LogP contribution >= 0.6 is 11.3 Å². The van der Waals surface area contributed by atoms with Gasteiger partial charge in [-0.3, -0.25) is 15.6 Å². The molecule has 3 rings (SSSR count). The monoisotopic (exact) mass is 368 g/mol. The quantitative estimate of drug-likeness (QED) is 0.806. The number of hydrogen-bond donors (Lipinski definition) is 2. The molecule has 1 unspecified atom stereocenters. The Morgan fingerprint density at radius 3 is 2.79 bits per heavy atom. The third kappa shape index (κ3) is 3.32. The summed E-state index contributed by atoms with van der Waals surface area (Å²) in [6.07, 6.45) is 0.657. The van der Waals surface area contributed by atoms with Crippen LogP contribution in [0, 0.1) is 13.8 Å². The van der Waals surface area contributed by atoms with E-state index in [9.17, 15) is 13.2 Å². The number of amides is 1. The average Bonchev–Trinajstić information content (AvgIpc) is 3.15. The number of carbonyl (C=O) groups is 1. The van der Waals surface area contributed by atoms with Crippen LogP contribution in [0.4, 0.5) is 5.13 Å². The van der Waals surface area contributed by atoms with Crippen LogP contribution in [0.15, 0.2) is 11.4 Å². The van der Waals surface area contributed by atoms with E-state index < -0.39 is 9.84 Å². The van der Waals surface area contributed by atoms with E-state index in [1.807, 2.05) is 25.3 Å². The van der Waals surface area contributed by atoms with Crippen molar-refractivity contribution in [2.24, 2.45) is 0 Å². The molecule has 130 valence electrons. The van der Waals surface area contributed by atoms with Crippen molar-refractivity contribution < 1.29 is 13.2 Å². The zero-order valence-electron chi connectivity index (χ0n) is 13.8. The van der Waals surface area contributed by atoms with E-state index in [1.54, 1.807) is 0 Å². The van der Waals surface area contributed by atoms with Crippen molar-refractivity contribution in [2.75, 3.05) is 16.9 Å². The van der Waals surface area contributed by atoms with Crippen molar-refractivity contribution in [3.8, 4) is 11.3 Å². The van der Waals surface area contributed by atoms with Gasteiger partial charge in [0.1, 0.15) is 0 Å². The lowest BCUT2D eigenvalue weighted by Crippen LogP contribution is -2.26. The molecule has 0 aliphatic carbocycles. The van der Waals surface area contributed by atoms with E-state index in [1.165, 1.54) is 18.3 Å². The van der Waals surface area contributed by atoms with Crippen molar-refractivity contribution in [1.82, 2.24) is 15.0 Å². The molecule has 0 spiro atoms. The normalized spacial score (nSPS) is 19.4. The Balaban J connectivity index is 1.88. The predicted molar refractivity (Wildman–Crippen MR) is 94.8 cm³/mol. The number of hydrogen-bond acceptors (Lipinski definition) is 6. The SMILES string of the molecule is CC(=O)NNc1nc(-c2cc(C)n(C3CCS(=O)(=O)C3)c2C)cs1. The molecule has 9 heteroatoms. The Morgan fingerprint density at radius 2 is 2.17 bits per heavy atom. The summed E-state index contributed by atoms with van der Waals surface area (Å²) in [5.74, 6) is 0.271. The van der Waals surface area contributed by atoms with E-state index in [-0.39, 0.29) is 23.5 Å². The summed E-state index contributed by atoms with van der Waals surface area (Å²) in [6, 6.07) is 2.04. The van der Waals surface area contributed by atoms with Gasteiger partial charge in [-0.1, -0.05) is 0 Å². The fraction of sp³-hybridized carbons (Fsp3) is 0.467. The first-order chi connectivity index (χ1) is 11.3. The minimum atomic E-state index is -2.93. The van der Waals surface area contributed by atoms with Gasteiger partial charge < -0.3 is 4.57 Å². The maximum atomic E-state index is 11.8. The highest BCUT2D eigenvalue weighted by Crippen LogP contribution is 2.34. The molecule has 1 aliphatic heterocycles. The summed E-state index contributed by atoms with van der Waals surface area (Å²) < 4.78 is 25.7. The summed E-state index contributed by atoms with van der Waals surface area (Å²) in [5, 5.41) is 2.52. The summed E-state index contributed by atoms with van der Waals surface area (Å²) in [6.45, 7) is 5.41. The highest BCUT2D eigenvalue weighted by molar-refractivity contribution is 7.91. The number of nitrogens with one attached hydrogen (secondary N) is 2. The van der Waals surface area contributed by atoms with Crippen LogP contribution in [0.2, 0.25) is 0 Å². The van der Waals surface area contributed by atoms with Crippen LogP contribution in [0.25, 0.3) is 11.3 Å². The van der Waals surface area contributed by atoms with Crippen molar-refractivity contribution in [1.29, 1.82) is 0 Å². The second-order valence-corrected chi connectivity index (χ2v) is 9.14. The van der Waals surface area contributed by atoms with Crippen molar-refractivity contribution in [2.45, 2.75) is 33.2 Å². The number of aromatic nitrogens is 2. The molecule has 0 radical (unpaired) electrons. The number of thiazole rings is 1. The second-order valence-electron chi connectivity index (χ2n) is 6.06. The number of nitrogens with zero attached hydrogens (tertiary/aromatic N) is 2. The van der Waals surface area contributed by atoms with E-state index in [4.69, 9.17) is 0 Å². The van der Waals surface area contributed by atoms with E-state index >= 15 is 0 Å². The fourth-order valence-electron chi connectivity index (χ4n) is 3.17. The number of hydrazine groups is 1. The zero-order chi connectivity index (χ0) is 17.5. The molecule has 1 amide bonds. The van der Waals surface area contributed by atoms with Crippen LogP contribution in [0.1, 0.15) is 30.8 Å². The molecule has 0 bridgehead atoms. The first kappa shape index (κ1) is 17.0. The lowest BCUT2D eigenvalue weighted by Gasteiger charge is -2.16. The van der Waals surface area contributed by atoms with Crippen molar-refractivity contribution in [3.05, 3.63) is 22.8 Å². The standard InChI is InChI=1S/C15H20N4O3S2/c1-9-6-13(14-7-23-15(16-14)18-17-11(3)20)10(2)19(9)12-4-5-24(21,22)8-12/h6-7,12H,4-5,8H2,1-3H3,(H,16,18)(H,17,20). The molecule has 1 atom stereocenters. The van der Waals surface area contributed by atoms with Crippen LogP contribution < -0.4 is 10.9 Å². The molecule has 2 aromatic heterocycles. The molecule has 2 N–H and O–H groups in total. The molecule has 2 aromatic rings. The first-order valence-corrected chi connectivity index (χ1v) is 10.3. The van der Waals surface area contributed by atoms with Gasteiger partial charge >= 0.3 is 0 Å². The average molecular weight is 368 g/mol. The van der Waals surface area contributed by atoms with Gasteiger partial charge in [-0.2, -0.15) is 0 Å². The molecule has 3 heterocycles. The number of rotatable bonds is 4. The summed E-state index contributed by atoms with van der Waals surface area (Å²) in [4.78, 5) is 15.4. The van der Waals surface area contributed by atoms with Crippen LogP contribution in [-0.2, 0) is 14.6 Å². The Bertz CT molecular complexity index is 883. The number of carbonyl (C=O) groups excluding carboxylic acids is 1. The minimum Gasteiger partial charge on any atom is -0.344 e. The Morgan fingerprint density at radius 1 is 1.42 bits per heavy atom. The molecule has 24 heavy (non-hydrogen) atoms. The highest BCUT2D eigenvalue weighted by Gasteiger charge is 2.31. The van der Waals surface area contributed by atoms with E-state index in [0.717, 1.165) is 22.6 Å². The molecular weight excluding hydrogens is 348 g/mol. The highest BCUT2D eigenvalue weighted by atomic mass is 32.2. The summed E-state index contributed by atoms with van der Waals surface area (Å²) in [5.41, 5.74) is 9.12. The molecule has 0 aromatic carbocycles. The van der Waals surface area contributed by atoms with Gasteiger partial charge in [0, 0.05) is 35.3 Å². The summed E-state index contributed by atoms with van der Waals surface area (Å²) >= 11 is 1.40. The Labute approximate surface area is 145 Å². The predicted octanol–water partition coefficient (Wildman–Crippen LogP) is 2.05. The second kappa shape index (κ2) is 6.21. The maximum absolute atomic E-state index is 11.8. The van der Waals surface area contributed by atoms with Crippen LogP contribution in [-0.4, -0.2) is 35.4 Å². The van der Waals surface area contributed by atoms with Gasteiger partial charge in [0.15, 0.2) is 9.84 Å². The van der Waals surface area contributed by atoms with Crippen molar-refractivity contribution in [3.63, 3.8) is 0 Å². The molecule has 0 saturated carbocycles. The van der Waals surface area contributed by atoms with Gasteiger partial charge in [0.05, 0.1) is 17.2 Å². The Kier molecular flexibility index (Phi) is 4.39. The summed E-state index contributed by atoms with van der Waals surface area (Å²) in [7, 11) is -2.93. The molecule has 7 nitrogen and oxygen atoms in total. The fourth-order valence-corrected chi connectivity index (χ4v) is 5.54. The van der Waals surface area contributed by atoms with Gasteiger partial charge in [0.2, 0.25) is 11.0 Å². The van der Waals surface area contributed by atoms with Gasteiger partial charge in [-0.05, 0) is 26.3 Å². The Hall–Kier alpha value is -1.87. The van der Waals surface area contributed by atoms with Crippen LogP contribution in [0.5, 0.6) is 0 Å². The lowest BCUT2D eigenvalue weighted by atomic mass is 10.2. The molecular formula is C15H20N4O3S2. The van der Waals surface area contributed by atoms with Crippen molar-refractivity contribution >= 4 is 32.2 Å². The first-order valence-electron chi connectivity index (χ1n) is 7.64.